The molecule has 4 aromatic carbocycles. The molecule has 0 aliphatic heterocycles. The summed E-state index contributed by atoms with van der Waals surface area (Å²) in [6.07, 6.45) is 0. The third-order valence-electron chi connectivity index (χ3n) is 4.77. The highest BCUT2D eigenvalue weighted by atomic mass is 19.1. The van der Waals surface area contributed by atoms with Gasteiger partial charge in [-0.05, 0) is 59.7 Å². The van der Waals surface area contributed by atoms with Gasteiger partial charge in [0.1, 0.15) is 5.82 Å². The lowest BCUT2D eigenvalue weighted by atomic mass is 10.0. The summed E-state index contributed by atoms with van der Waals surface area (Å²) >= 11 is 0. The normalized spacial score (nSPS) is 10.4. The van der Waals surface area contributed by atoms with Gasteiger partial charge in [-0.15, -0.1) is 0 Å². The molecular weight excluding hydrogens is 391 g/mol. The number of carbonyl (C=O) groups is 2. The Morgan fingerprint density at radius 2 is 1.10 bits per heavy atom. The number of carbonyl (C=O) groups excluding carboxylic acids is 2. The average molecular weight is 410 g/mol. The Kier molecular flexibility index (Phi) is 5.85. The fourth-order valence-electron chi connectivity index (χ4n) is 3.15. The molecule has 0 aliphatic rings. The molecular formula is C26H19FN2O2. The fourth-order valence-corrected chi connectivity index (χ4v) is 3.15. The molecule has 0 unspecified atom stereocenters. The minimum absolute atomic E-state index is 0.289. The molecule has 0 spiro atoms. The Balaban J connectivity index is 1.67. The lowest BCUT2D eigenvalue weighted by molar-refractivity contribution is 0.101. The predicted molar refractivity (Wildman–Crippen MR) is 121 cm³/mol. The smallest absolute Gasteiger partial charge is 0.255 e. The van der Waals surface area contributed by atoms with Crippen molar-refractivity contribution in [2.24, 2.45) is 0 Å². The topological polar surface area (TPSA) is 58.2 Å². The zero-order valence-corrected chi connectivity index (χ0v) is 16.5. The van der Waals surface area contributed by atoms with Crippen LogP contribution in [0.5, 0.6) is 0 Å². The summed E-state index contributed by atoms with van der Waals surface area (Å²) in [6.45, 7) is 0. The summed E-state index contributed by atoms with van der Waals surface area (Å²) in [7, 11) is 0. The summed E-state index contributed by atoms with van der Waals surface area (Å²) in [4.78, 5) is 25.4. The molecule has 0 aliphatic carbocycles. The standard InChI is InChI=1S/C26H19FN2O2/c27-22-14-11-20(12-15-22)26(31)28-23-16-13-21(18-7-3-1-4-8-18)17-24(23)29-25(30)19-9-5-2-6-10-19/h1-17H,(H,28,31)(H,29,30). The molecule has 4 aromatic rings. The maximum atomic E-state index is 13.2. The molecule has 5 heteroatoms. The molecule has 0 radical (unpaired) electrons. The molecule has 0 fully saturated rings. The van der Waals surface area contributed by atoms with Crippen molar-refractivity contribution in [3.05, 3.63) is 120 Å². The summed E-state index contributed by atoms with van der Waals surface area (Å²) in [5, 5.41) is 5.69. The van der Waals surface area contributed by atoms with Crippen LogP contribution in [0.1, 0.15) is 20.7 Å². The quantitative estimate of drug-likeness (QED) is 0.424. The number of hydrogen-bond donors (Lipinski definition) is 2. The van der Waals surface area contributed by atoms with E-state index in [0.717, 1.165) is 11.1 Å². The summed E-state index contributed by atoms with van der Waals surface area (Å²) < 4.78 is 13.2. The van der Waals surface area contributed by atoms with Gasteiger partial charge in [-0.3, -0.25) is 9.59 Å². The van der Waals surface area contributed by atoms with Crippen molar-refractivity contribution in [2.75, 3.05) is 10.6 Å². The molecule has 152 valence electrons. The Bertz CT molecular complexity index is 1210. The van der Waals surface area contributed by atoms with Crippen LogP contribution in [-0.4, -0.2) is 11.8 Å². The third-order valence-corrected chi connectivity index (χ3v) is 4.77. The third kappa shape index (κ3) is 4.85. The molecule has 4 rings (SSSR count). The second-order valence-electron chi connectivity index (χ2n) is 6.91. The number of halogens is 1. The van der Waals surface area contributed by atoms with E-state index < -0.39 is 11.7 Å². The van der Waals surface area contributed by atoms with Crippen LogP contribution < -0.4 is 10.6 Å². The van der Waals surface area contributed by atoms with Gasteiger partial charge < -0.3 is 10.6 Å². The first-order valence-electron chi connectivity index (χ1n) is 9.73. The van der Waals surface area contributed by atoms with Gasteiger partial charge >= 0.3 is 0 Å². The zero-order valence-electron chi connectivity index (χ0n) is 16.5. The Morgan fingerprint density at radius 1 is 0.548 bits per heavy atom. The first-order chi connectivity index (χ1) is 15.1. The zero-order chi connectivity index (χ0) is 21.6. The van der Waals surface area contributed by atoms with E-state index in [4.69, 9.17) is 0 Å². The number of nitrogens with one attached hydrogen (secondary N) is 2. The second kappa shape index (κ2) is 9.05. The van der Waals surface area contributed by atoms with Gasteiger partial charge in [0.2, 0.25) is 0 Å². The maximum Gasteiger partial charge on any atom is 0.255 e. The van der Waals surface area contributed by atoms with Gasteiger partial charge in [0.25, 0.3) is 11.8 Å². The van der Waals surface area contributed by atoms with Crippen LogP contribution in [0.4, 0.5) is 15.8 Å². The Morgan fingerprint density at radius 3 is 1.74 bits per heavy atom. The SMILES string of the molecule is O=C(Nc1ccc(-c2ccccc2)cc1NC(=O)c1ccccc1)c1ccc(F)cc1. The molecule has 0 saturated carbocycles. The van der Waals surface area contributed by atoms with Gasteiger partial charge in [-0.1, -0.05) is 54.6 Å². The van der Waals surface area contributed by atoms with Crippen LogP contribution >= 0.6 is 0 Å². The van der Waals surface area contributed by atoms with Crippen molar-refractivity contribution in [1.82, 2.24) is 0 Å². The summed E-state index contributed by atoms with van der Waals surface area (Å²) in [6, 6.07) is 29.3. The lowest BCUT2D eigenvalue weighted by Gasteiger charge is -2.15. The van der Waals surface area contributed by atoms with Crippen LogP contribution in [0, 0.1) is 5.82 Å². The van der Waals surface area contributed by atoms with E-state index in [2.05, 4.69) is 10.6 Å². The fraction of sp³-hybridized carbons (Fsp3) is 0. The number of benzene rings is 4. The van der Waals surface area contributed by atoms with E-state index in [9.17, 15) is 14.0 Å². The maximum absolute atomic E-state index is 13.2. The van der Waals surface area contributed by atoms with E-state index in [1.165, 1.54) is 24.3 Å². The average Bonchev–Trinajstić information content (AvgIpc) is 2.81. The van der Waals surface area contributed by atoms with Gasteiger partial charge in [0.15, 0.2) is 0 Å². The van der Waals surface area contributed by atoms with E-state index in [1.54, 1.807) is 30.3 Å². The lowest BCUT2D eigenvalue weighted by Crippen LogP contribution is -2.17. The molecule has 2 amide bonds. The van der Waals surface area contributed by atoms with E-state index in [1.807, 2.05) is 48.5 Å². The monoisotopic (exact) mass is 410 g/mol. The molecule has 0 heterocycles. The molecule has 2 N–H and O–H groups in total. The van der Waals surface area contributed by atoms with Gasteiger partial charge in [-0.2, -0.15) is 0 Å². The molecule has 0 saturated heterocycles. The summed E-state index contributed by atoms with van der Waals surface area (Å²) in [5.41, 5.74) is 3.60. The van der Waals surface area contributed by atoms with Gasteiger partial charge in [0.05, 0.1) is 11.4 Å². The van der Waals surface area contributed by atoms with Crippen molar-refractivity contribution in [2.45, 2.75) is 0 Å². The molecule has 4 nitrogen and oxygen atoms in total. The highest BCUT2D eigenvalue weighted by Gasteiger charge is 2.14. The van der Waals surface area contributed by atoms with Crippen molar-refractivity contribution in [3.63, 3.8) is 0 Å². The van der Waals surface area contributed by atoms with Crippen LogP contribution in [0.25, 0.3) is 11.1 Å². The molecule has 0 aromatic heterocycles. The van der Waals surface area contributed by atoms with Crippen molar-refractivity contribution in [3.8, 4) is 11.1 Å². The van der Waals surface area contributed by atoms with E-state index >= 15 is 0 Å². The molecule has 0 atom stereocenters. The first kappa shape index (κ1) is 20.0. The Hall–Kier alpha value is -4.25. The first-order valence-corrected chi connectivity index (χ1v) is 9.73. The van der Waals surface area contributed by atoms with E-state index in [0.29, 0.717) is 22.5 Å². The second-order valence-corrected chi connectivity index (χ2v) is 6.91. The Labute approximate surface area is 179 Å². The minimum atomic E-state index is -0.417. The number of hydrogen-bond acceptors (Lipinski definition) is 2. The van der Waals surface area contributed by atoms with Crippen molar-refractivity contribution >= 4 is 23.2 Å². The number of anilines is 2. The minimum Gasteiger partial charge on any atom is -0.320 e. The van der Waals surface area contributed by atoms with E-state index in [-0.39, 0.29) is 5.91 Å². The van der Waals surface area contributed by atoms with Crippen molar-refractivity contribution < 1.29 is 14.0 Å². The number of amides is 2. The number of rotatable bonds is 5. The van der Waals surface area contributed by atoms with Crippen LogP contribution in [0.15, 0.2) is 103 Å². The van der Waals surface area contributed by atoms with Gasteiger partial charge in [0, 0.05) is 11.1 Å². The molecule has 31 heavy (non-hydrogen) atoms. The van der Waals surface area contributed by atoms with Crippen LogP contribution in [0.2, 0.25) is 0 Å². The van der Waals surface area contributed by atoms with Crippen LogP contribution in [0.3, 0.4) is 0 Å². The molecule has 0 bridgehead atoms. The predicted octanol–water partition coefficient (Wildman–Crippen LogP) is 6.00. The summed E-state index contributed by atoms with van der Waals surface area (Å²) in [5.74, 6) is -1.11. The van der Waals surface area contributed by atoms with Crippen LogP contribution in [-0.2, 0) is 0 Å². The largest absolute Gasteiger partial charge is 0.320 e. The highest BCUT2D eigenvalue weighted by molar-refractivity contribution is 6.10. The van der Waals surface area contributed by atoms with Gasteiger partial charge in [-0.25, -0.2) is 4.39 Å². The van der Waals surface area contributed by atoms with Crippen molar-refractivity contribution in [1.29, 1.82) is 0 Å². The highest BCUT2D eigenvalue weighted by Crippen LogP contribution is 2.30.